The first kappa shape index (κ1) is 13.7. The summed E-state index contributed by atoms with van der Waals surface area (Å²) < 4.78 is 4.10. The summed E-state index contributed by atoms with van der Waals surface area (Å²) in [6.07, 6.45) is 0.952. The van der Waals surface area contributed by atoms with Gasteiger partial charge in [0.25, 0.3) is 0 Å². The number of nitrogens with two attached hydrogens (primary N) is 1. The third-order valence-corrected chi connectivity index (χ3v) is 3.95. The average Bonchev–Trinajstić information content (AvgIpc) is 2.99. The van der Waals surface area contributed by atoms with Gasteiger partial charge in [0, 0.05) is 6.54 Å². The fraction of sp³-hybridized carbons (Fsp3) is 0.375. The molecule has 110 valence electrons. The first-order valence-electron chi connectivity index (χ1n) is 7.43. The minimum absolute atomic E-state index is 0.178. The molecule has 2 N–H and O–H groups in total. The molecule has 5 nitrogen and oxygen atoms in total. The number of hydrogen-bond donors (Lipinski definition) is 1. The highest BCUT2D eigenvalue weighted by atomic mass is 15.4. The molecule has 0 aliphatic heterocycles. The molecule has 2 heterocycles. The number of benzene rings is 1. The van der Waals surface area contributed by atoms with Gasteiger partial charge in [-0.1, -0.05) is 37.3 Å². The quantitative estimate of drug-likeness (QED) is 0.800. The zero-order chi connectivity index (χ0) is 15.0. The van der Waals surface area contributed by atoms with Crippen molar-refractivity contribution in [2.24, 2.45) is 0 Å². The molecule has 0 bridgehead atoms. The number of nitrogens with zero attached hydrogens (tertiary/aromatic N) is 4. The minimum Gasteiger partial charge on any atom is -0.369 e. The number of imidazole rings is 1. The third kappa shape index (κ3) is 2.09. The van der Waals surface area contributed by atoms with Crippen LogP contribution in [0.1, 0.15) is 37.6 Å². The zero-order valence-electron chi connectivity index (χ0n) is 12.7. The second kappa shape index (κ2) is 5.24. The Morgan fingerprint density at radius 3 is 2.52 bits per heavy atom. The lowest BCUT2D eigenvalue weighted by molar-refractivity contribution is 0.561. The Balaban J connectivity index is 2.25. The summed E-state index contributed by atoms with van der Waals surface area (Å²) >= 11 is 0. The van der Waals surface area contributed by atoms with E-state index in [9.17, 15) is 0 Å². The van der Waals surface area contributed by atoms with Crippen LogP contribution in [0.2, 0.25) is 0 Å². The summed E-state index contributed by atoms with van der Waals surface area (Å²) in [5.41, 5.74) is 10.3. The van der Waals surface area contributed by atoms with E-state index in [1.54, 1.807) is 0 Å². The van der Waals surface area contributed by atoms with Crippen LogP contribution in [0.5, 0.6) is 0 Å². The van der Waals surface area contributed by atoms with Crippen molar-refractivity contribution in [1.82, 2.24) is 19.3 Å². The predicted molar refractivity (Wildman–Crippen MR) is 85.2 cm³/mol. The second-order valence-corrected chi connectivity index (χ2v) is 5.25. The van der Waals surface area contributed by atoms with Gasteiger partial charge in [-0.15, -0.1) is 0 Å². The van der Waals surface area contributed by atoms with Gasteiger partial charge in [-0.25, -0.2) is 9.67 Å². The molecule has 0 radical (unpaired) electrons. The average molecular weight is 283 g/mol. The summed E-state index contributed by atoms with van der Waals surface area (Å²) in [6.45, 7) is 7.04. The number of aryl methyl sites for hydroxylation is 2. The summed E-state index contributed by atoms with van der Waals surface area (Å²) in [5, 5.41) is 4.56. The van der Waals surface area contributed by atoms with Crippen molar-refractivity contribution in [2.45, 2.75) is 39.8 Å². The van der Waals surface area contributed by atoms with Gasteiger partial charge in [0.15, 0.2) is 5.65 Å². The van der Waals surface area contributed by atoms with E-state index in [1.165, 1.54) is 5.56 Å². The highest BCUT2D eigenvalue weighted by Crippen LogP contribution is 2.30. The Morgan fingerprint density at radius 2 is 1.90 bits per heavy atom. The summed E-state index contributed by atoms with van der Waals surface area (Å²) in [5.74, 6) is 0.559. The molecule has 0 amide bonds. The number of aromatic nitrogens is 4. The maximum absolute atomic E-state index is 6.21. The van der Waals surface area contributed by atoms with Crippen molar-refractivity contribution < 1.29 is 0 Å². The maximum Gasteiger partial charge on any atom is 0.203 e. The van der Waals surface area contributed by atoms with Crippen molar-refractivity contribution >= 4 is 17.1 Å². The van der Waals surface area contributed by atoms with E-state index >= 15 is 0 Å². The standard InChI is InChI=1S/C16H21N5/c1-4-13(12-9-7-6-8-10-12)21-15-14(18-16(21)17)11(3)19-20(15)5-2/h6-10,13H,4-5H2,1-3H3,(H2,17,18). The SMILES string of the molecule is CCC(c1ccccc1)n1c(N)nc2c(C)nn(CC)c21. The molecule has 0 saturated heterocycles. The number of hydrogen-bond acceptors (Lipinski definition) is 3. The molecule has 0 fully saturated rings. The Morgan fingerprint density at radius 1 is 1.19 bits per heavy atom. The molecular weight excluding hydrogens is 262 g/mol. The van der Waals surface area contributed by atoms with Crippen LogP contribution in [0, 0.1) is 6.92 Å². The van der Waals surface area contributed by atoms with Gasteiger partial charge in [-0.2, -0.15) is 5.10 Å². The lowest BCUT2D eigenvalue weighted by Crippen LogP contribution is -2.15. The van der Waals surface area contributed by atoms with Crippen molar-refractivity contribution in [3.63, 3.8) is 0 Å². The third-order valence-electron chi connectivity index (χ3n) is 3.95. The zero-order valence-corrected chi connectivity index (χ0v) is 12.7. The van der Waals surface area contributed by atoms with E-state index in [-0.39, 0.29) is 6.04 Å². The molecule has 3 aromatic rings. The second-order valence-electron chi connectivity index (χ2n) is 5.25. The largest absolute Gasteiger partial charge is 0.369 e. The van der Waals surface area contributed by atoms with Crippen LogP contribution in [-0.2, 0) is 6.54 Å². The van der Waals surface area contributed by atoms with Crippen LogP contribution in [0.4, 0.5) is 5.95 Å². The van der Waals surface area contributed by atoms with Crippen LogP contribution in [-0.4, -0.2) is 19.3 Å². The highest BCUT2D eigenvalue weighted by molar-refractivity contribution is 5.78. The van der Waals surface area contributed by atoms with E-state index in [0.717, 1.165) is 29.8 Å². The van der Waals surface area contributed by atoms with E-state index in [4.69, 9.17) is 5.73 Å². The number of nitrogen functional groups attached to an aromatic ring is 1. The predicted octanol–water partition coefficient (Wildman–Crippen LogP) is 3.14. The Hall–Kier alpha value is -2.30. The number of rotatable bonds is 4. The number of fused-ring (bicyclic) bond motifs is 1. The molecule has 0 saturated carbocycles. The Bertz CT molecular complexity index is 754. The lowest BCUT2D eigenvalue weighted by Gasteiger charge is -2.20. The molecule has 1 aromatic carbocycles. The molecule has 0 aliphatic rings. The molecule has 21 heavy (non-hydrogen) atoms. The fourth-order valence-electron chi connectivity index (χ4n) is 2.98. The van der Waals surface area contributed by atoms with Crippen LogP contribution in [0.25, 0.3) is 11.2 Å². The van der Waals surface area contributed by atoms with Crippen molar-refractivity contribution in [1.29, 1.82) is 0 Å². The van der Waals surface area contributed by atoms with E-state index in [2.05, 4.69) is 52.8 Å². The Labute approximate surface area is 124 Å². The van der Waals surface area contributed by atoms with Gasteiger partial charge >= 0.3 is 0 Å². The topological polar surface area (TPSA) is 61.7 Å². The van der Waals surface area contributed by atoms with Gasteiger partial charge in [-0.05, 0) is 25.8 Å². The first-order chi connectivity index (χ1) is 10.2. The molecule has 1 unspecified atom stereocenters. The summed E-state index contributed by atoms with van der Waals surface area (Å²) in [7, 11) is 0. The van der Waals surface area contributed by atoms with Crippen LogP contribution in [0.3, 0.4) is 0 Å². The summed E-state index contributed by atoms with van der Waals surface area (Å²) in [4.78, 5) is 4.53. The van der Waals surface area contributed by atoms with Gasteiger partial charge in [-0.3, -0.25) is 4.57 Å². The van der Waals surface area contributed by atoms with Gasteiger partial charge in [0.1, 0.15) is 5.52 Å². The highest BCUT2D eigenvalue weighted by Gasteiger charge is 2.22. The molecule has 2 aromatic heterocycles. The van der Waals surface area contributed by atoms with E-state index in [1.807, 2.05) is 17.7 Å². The molecule has 1 atom stereocenters. The molecule has 5 heteroatoms. The van der Waals surface area contributed by atoms with Gasteiger partial charge in [0.05, 0.1) is 11.7 Å². The van der Waals surface area contributed by atoms with Crippen molar-refractivity contribution in [3.05, 3.63) is 41.6 Å². The van der Waals surface area contributed by atoms with Crippen molar-refractivity contribution in [2.75, 3.05) is 5.73 Å². The maximum atomic E-state index is 6.21. The summed E-state index contributed by atoms with van der Waals surface area (Å²) in [6, 6.07) is 10.6. The normalized spacial score (nSPS) is 12.9. The van der Waals surface area contributed by atoms with Gasteiger partial charge < -0.3 is 5.73 Å². The number of anilines is 1. The van der Waals surface area contributed by atoms with E-state index < -0.39 is 0 Å². The van der Waals surface area contributed by atoms with Crippen LogP contribution in [0.15, 0.2) is 30.3 Å². The first-order valence-corrected chi connectivity index (χ1v) is 7.43. The molecular formula is C16H21N5. The molecule has 0 spiro atoms. The minimum atomic E-state index is 0.178. The smallest absolute Gasteiger partial charge is 0.203 e. The molecule has 3 rings (SSSR count). The fourth-order valence-corrected chi connectivity index (χ4v) is 2.98. The lowest BCUT2D eigenvalue weighted by atomic mass is 10.0. The van der Waals surface area contributed by atoms with Crippen LogP contribution >= 0.6 is 0 Å². The van der Waals surface area contributed by atoms with E-state index in [0.29, 0.717) is 5.95 Å². The Kier molecular flexibility index (Phi) is 3.41. The van der Waals surface area contributed by atoms with Crippen LogP contribution < -0.4 is 5.73 Å². The van der Waals surface area contributed by atoms with Crippen molar-refractivity contribution in [3.8, 4) is 0 Å². The van der Waals surface area contributed by atoms with Gasteiger partial charge in [0.2, 0.25) is 5.95 Å². The molecule has 0 aliphatic carbocycles. The monoisotopic (exact) mass is 283 g/mol.